The first-order chi connectivity index (χ1) is 10.9. The zero-order chi connectivity index (χ0) is 17.2. The first-order valence-corrected chi connectivity index (χ1v) is 8.36. The molecule has 1 amide bonds. The van der Waals surface area contributed by atoms with Crippen LogP contribution >= 0.6 is 0 Å². The minimum absolute atomic E-state index is 0.0399. The van der Waals surface area contributed by atoms with Crippen LogP contribution < -0.4 is 5.32 Å². The Morgan fingerprint density at radius 3 is 2.74 bits per heavy atom. The van der Waals surface area contributed by atoms with Crippen LogP contribution in [0.1, 0.15) is 52.9 Å². The van der Waals surface area contributed by atoms with Gasteiger partial charge in [0.05, 0.1) is 12.6 Å². The number of carbonyl (C=O) groups is 2. The highest BCUT2D eigenvalue weighted by Gasteiger charge is 2.20. The number of aliphatic hydroxyl groups is 1. The molecule has 2 unspecified atom stereocenters. The molecular formula is C18H29NO4. The number of hydrogen-bond donors (Lipinski definition) is 2. The Morgan fingerprint density at radius 1 is 1.35 bits per heavy atom. The molecule has 2 N–H and O–H groups in total. The molecule has 1 aliphatic heterocycles. The Kier molecular flexibility index (Phi) is 8.62. The van der Waals surface area contributed by atoms with E-state index in [-0.39, 0.29) is 36.5 Å². The lowest BCUT2D eigenvalue weighted by atomic mass is 9.93. The quantitative estimate of drug-likeness (QED) is 0.618. The van der Waals surface area contributed by atoms with E-state index in [0.29, 0.717) is 6.42 Å². The van der Waals surface area contributed by atoms with Gasteiger partial charge in [0, 0.05) is 13.3 Å². The topological polar surface area (TPSA) is 75.6 Å². The van der Waals surface area contributed by atoms with Crippen LogP contribution in [0.5, 0.6) is 0 Å². The van der Waals surface area contributed by atoms with E-state index in [1.54, 1.807) is 6.08 Å². The van der Waals surface area contributed by atoms with Crippen molar-refractivity contribution in [1.82, 2.24) is 5.32 Å². The van der Waals surface area contributed by atoms with Crippen molar-refractivity contribution in [3.05, 3.63) is 23.8 Å². The van der Waals surface area contributed by atoms with Gasteiger partial charge in [0.1, 0.15) is 6.10 Å². The molecule has 3 atom stereocenters. The van der Waals surface area contributed by atoms with E-state index in [1.165, 1.54) is 6.92 Å². The molecule has 0 aromatic rings. The fourth-order valence-electron chi connectivity index (χ4n) is 2.80. The molecular weight excluding hydrogens is 294 g/mol. The Labute approximate surface area is 138 Å². The van der Waals surface area contributed by atoms with Gasteiger partial charge in [0.15, 0.2) is 0 Å². The second-order valence-corrected chi connectivity index (χ2v) is 6.17. The minimum atomic E-state index is -0.277. The molecule has 0 saturated heterocycles. The zero-order valence-corrected chi connectivity index (χ0v) is 14.4. The van der Waals surface area contributed by atoms with Gasteiger partial charge < -0.3 is 15.2 Å². The summed E-state index contributed by atoms with van der Waals surface area (Å²) in [7, 11) is 0. The summed E-state index contributed by atoms with van der Waals surface area (Å²) in [6, 6.07) is -0.164. The van der Waals surface area contributed by atoms with Gasteiger partial charge in [-0.2, -0.15) is 0 Å². The lowest BCUT2D eigenvalue weighted by molar-refractivity contribution is -0.144. The minimum Gasteiger partial charge on any atom is -0.458 e. The van der Waals surface area contributed by atoms with Crippen molar-refractivity contribution in [3.8, 4) is 0 Å². The van der Waals surface area contributed by atoms with Crippen LogP contribution in [0, 0.1) is 5.92 Å². The number of aliphatic hydroxyl groups excluding tert-OH is 1. The zero-order valence-electron chi connectivity index (χ0n) is 14.4. The van der Waals surface area contributed by atoms with Crippen molar-refractivity contribution in [3.63, 3.8) is 0 Å². The van der Waals surface area contributed by atoms with E-state index >= 15 is 0 Å². The van der Waals surface area contributed by atoms with Gasteiger partial charge in [-0.3, -0.25) is 9.59 Å². The van der Waals surface area contributed by atoms with Gasteiger partial charge in [-0.15, -0.1) is 0 Å². The molecule has 5 nitrogen and oxygen atoms in total. The van der Waals surface area contributed by atoms with Gasteiger partial charge >= 0.3 is 5.97 Å². The van der Waals surface area contributed by atoms with Crippen LogP contribution in [0.25, 0.3) is 0 Å². The summed E-state index contributed by atoms with van der Waals surface area (Å²) >= 11 is 0. The number of carbonyl (C=O) groups excluding carboxylic acids is 2. The number of esters is 1. The fourth-order valence-corrected chi connectivity index (χ4v) is 2.80. The fraction of sp³-hybridized carbons (Fsp3) is 0.667. The standard InChI is InChI=1S/C18H29NO4/c1-13-9-10-16(23-15(3)21)7-5-4-6-8-17(22)19-18(13)14(2)11-12-20/h9-11,13,16,18,20H,4-8,12H2,1-3H3,(H,19,22)/b10-9+,14-11+/t13-,16?,18?/m0/s1. The average molecular weight is 323 g/mol. The molecule has 1 rings (SSSR count). The highest BCUT2D eigenvalue weighted by Crippen LogP contribution is 2.18. The summed E-state index contributed by atoms with van der Waals surface area (Å²) in [5, 5.41) is 12.2. The first kappa shape index (κ1) is 19.4. The molecule has 23 heavy (non-hydrogen) atoms. The Morgan fingerprint density at radius 2 is 2.09 bits per heavy atom. The second kappa shape index (κ2) is 10.2. The normalized spacial score (nSPS) is 29.0. The van der Waals surface area contributed by atoms with Crippen LogP contribution in [-0.2, 0) is 14.3 Å². The molecule has 1 heterocycles. The lowest BCUT2D eigenvalue weighted by Crippen LogP contribution is -2.40. The maximum absolute atomic E-state index is 12.1. The predicted octanol–water partition coefficient (Wildman–Crippen LogP) is 2.50. The number of ether oxygens (including phenoxy) is 1. The van der Waals surface area contributed by atoms with E-state index in [1.807, 2.05) is 26.0 Å². The molecule has 5 heteroatoms. The van der Waals surface area contributed by atoms with Crippen molar-refractivity contribution in [2.45, 2.75) is 65.0 Å². The SMILES string of the molecule is CC(=O)OC1/C=C/[C@H](C)C(/C(C)=C/CO)NC(=O)CCCCC1. The first-order valence-electron chi connectivity index (χ1n) is 8.36. The molecule has 0 saturated carbocycles. The van der Waals surface area contributed by atoms with Crippen molar-refractivity contribution >= 4 is 11.9 Å². The summed E-state index contributed by atoms with van der Waals surface area (Å²) < 4.78 is 5.34. The van der Waals surface area contributed by atoms with Crippen LogP contribution in [0.4, 0.5) is 0 Å². The third-order valence-electron chi connectivity index (χ3n) is 4.09. The third-order valence-corrected chi connectivity index (χ3v) is 4.09. The van der Waals surface area contributed by atoms with E-state index in [0.717, 1.165) is 31.3 Å². The van der Waals surface area contributed by atoms with Gasteiger partial charge in [0.2, 0.25) is 5.91 Å². The number of hydrogen-bond acceptors (Lipinski definition) is 4. The highest BCUT2D eigenvalue weighted by atomic mass is 16.5. The van der Waals surface area contributed by atoms with Gasteiger partial charge in [-0.05, 0) is 38.2 Å². The third kappa shape index (κ3) is 7.46. The van der Waals surface area contributed by atoms with E-state index < -0.39 is 0 Å². The molecule has 0 radical (unpaired) electrons. The van der Waals surface area contributed by atoms with Gasteiger partial charge in [-0.1, -0.05) is 31.1 Å². The van der Waals surface area contributed by atoms with Crippen molar-refractivity contribution in [2.75, 3.05) is 6.61 Å². The van der Waals surface area contributed by atoms with Crippen LogP contribution in [0.15, 0.2) is 23.8 Å². The molecule has 0 bridgehead atoms. The molecule has 0 aliphatic carbocycles. The van der Waals surface area contributed by atoms with Crippen LogP contribution in [0.3, 0.4) is 0 Å². The Bertz CT molecular complexity index is 456. The Balaban J connectivity index is 2.94. The highest BCUT2D eigenvalue weighted by molar-refractivity contribution is 5.76. The van der Waals surface area contributed by atoms with Crippen molar-refractivity contribution in [2.24, 2.45) is 5.92 Å². The second-order valence-electron chi connectivity index (χ2n) is 6.17. The average Bonchev–Trinajstić information content (AvgIpc) is 2.47. The van der Waals surface area contributed by atoms with Gasteiger partial charge in [0.25, 0.3) is 0 Å². The summed E-state index contributed by atoms with van der Waals surface area (Å²) in [4.78, 5) is 23.3. The van der Waals surface area contributed by atoms with E-state index in [9.17, 15) is 9.59 Å². The maximum Gasteiger partial charge on any atom is 0.303 e. The Hall–Kier alpha value is -1.62. The largest absolute Gasteiger partial charge is 0.458 e. The van der Waals surface area contributed by atoms with E-state index in [2.05, 4.69) is 5.32 Å². The van der Waals surface area contributed by atoms with Gasteiger partial charge in [-0.25, -0.2) is 0 Å². The maximum atomic E-state index is 12.1. The summed E-state index contributed by atoms with van der Waals surface area (Å²) in [6.45, 7) is 5.28. The molecule has 0 aromatic heterocycles. The molecule has 0 fully saturated rings. The van der Waals surface area contributed by atoms with E-state index in [4.69, 9.17) is 9.84 Å². The molecule has 130 valence electrons. The monoisotopic (exact) mass is 323 g/mol. The molecule has 1 aliphatic rings. The van der Waals surface area contributed by atoms with Crippen molar-refractivity contribution < 1.29 is 19.4 Å². The summed E-state index contributed by atoms with van der Waals surface area (Å²) in [6.07, 6.45) is 9.36. The smallest absolute Gasteiger partial charge is 0.303 e. The lowest BCUT2D eigenvalue weighted by Gasteiger charge is -2.25. The van der Waals surface area contributed by atoms with Crippen LogP contribution in [-0.4, -0.2) is 35.7 Å². The van der Waals surface area contributed by atoms with Crippen molar-refractivity contribution in [1.29, 1.82) is 0 Å². The predicted molar refractivity (Wildman–Crippen MR) is 89.7 cm³/mol. The number of nitrogens with one attached hydrogen (secondary N) is 1. The van der Waals surface area contributed by atoms with Crippen LogP contribution in [0.2, 0.25) is 0 Å². The summed E-state index contributed by atoms with van der Waals surface area (Å²) in [5.74, 6) is -0.196. The molecule has 0 aromatic carbocycles. The number of rotatable bonds is 3. The number of amides is 1. The molecule has 0 spiro atoms. The summed E-state index contributed by atoms with van der Waals surface area (Å²) in [5.41, 5.74) is 0.930.